The summed E-state index contributed by atoms with van der Waals surface area (Å²) >= 11 is 0. The Kier molecular flexibility index (Phi) is 2.77. The zero-order valence-electron chi connectivity index (χ0n) is 11.1. The standard InChI is InChI=1S/C15H22O3/c1-7-4-5-10-8(2)6-11(16)13-9(3)15(17)18-14(13)12(7)10/h7,9-14,16H,2,4-6H2,1,3H3. The van der Waals surface area contributed by atoms with E-state index in [2.05, 4.69) is 13.5 Å². The third-order valence-electron chi connectivity index (χ3n) is 5.45. The van der Waals surface area contributed by atoms with Crippen LogP contribution in [0.15, 0.2) is 12.2 Å². The van der Waals surface area contributed by atoms with Gasteiger partial charge >= 0.3 is 5.97 Å². The Bertz CT molecular complexity index is 389. The minimum Gasteiger partial charge on any atom is -0.461 e. The van der Waals surface area contributed by atoms with Crippen molar-refractivity contribution < 1.29 is 14.6 Å². The Morgan fingerprint density at radius 3 is 2.72 bits per heavy atom. The van der Waals surface area contributed by atoms with E-state index >= 15 is 0 Å². The lowest BCUT2D eigenvalue weighted by Crippen LogP contribution is -2.36. The molecule has 3 nitrogen and oxygen atoms in total. The van der Waals surface area contributed by atoms with Crippen molar-refractivity contribution in [3.63, 3.8) is 0 Å². The molecule has 1 heterocycles. The predicted molar refractivity (Wildman–Crippen MR) is 67.7 cm³/mol. The van der Waals surface area contributed by atoms with Crippen molar-refractivity contribution in [3.8, 4) is 0 Å². The van der Waals surface area contributed by atoms with Gasteiger partial charge in [-0.2, -0.15) is 0 Å². The summed E-state index contributed by atoms with van der Waals surface area (Å²) in [6, 6.07) is 0. The Morgan fingerprint density at radius 2 is 2.00 bits per heavy atom. The van der Waals surface area contributed by atoms with Crippen LogP contribution in [0.3, 0.4) is 0 Å². The van der Waals surface area contributed by atoms with Gasteiger partial charge in [0, 0.05) is 11.8 Å². The monoisotopic (exact) mass is 250 g/mol. The van der Waals surface area contributed by atoms with Crippen LogP contribution < -0.4 is 0 Å². The van der Waals surface area contributed by atoms with Crippen LogP contribution in [0.5, 0.6) is 0 Å². The number of esters is 1. The van der Waals surface area contributed by atoms with Gasteiger partial charge in [0.1, 0.15) is 6.10 Å². The maximum absolute atomic E-state index is 11.8. The van der Waals surface area contributed by atoms with Gasteiger partial charge in [-0.3, -0.25) is 4.79 Å². The number of carbonyl (C=O) groups is 1. The first-order chi connectivity index (χ1) is 8.50. The second kappa shape index (κ2) is 4.09. The topological polar surface area (TPSA) is 46.5 Å². The molecule has 0 amide bonds. The third-order valence-corrected chi connectivity index (χ3v) is 5.45. The summed E-state index contributed by atoms with van der Waals surface area (Å²) in [6.07, 6.45) is 2.38. The summed E-state index contributed by atoms with van der Waals surface area (Å²) in [4.78, 5) is 11.8. The van der Waals surface area contributed by atoms with Gasteiger partial charge in [0.15, 0.2) is 0 Å². The molecule has 100 valence electrons. The average molecular weight is 250 g/mol. The molecule has 0 radical (unpaired) electrons. The molecule has 2 aliphatic carbocycles. The van der Waals surface area contributed by atoms with Gasteiger partial charge in [0.2, 0.25) is 0 Å². The highest BCUT2D eigenvalue weighted by Gasteiger charge is 2.55. The minimum absolute atomic E-state index is 0.0372. The number of carbonyl (C=O) groups excluding carboxylic acids is 1. The van der Waals surface area contributed by atoms with Gasteiger partial charge in [-0.15, -0.1) is 0 Å². The fraction of sp³-hybridized carbons (Fsp3) is 0.800. The lowest BCUT2D eigenvalue weighted by Gasteiger charge is -2.29. The van der Waals surface area contributed by atoms with E-state index in [0.29, 0.717) is 24.2 Å². The summed E-state index contributed by atoms with van der Waals surface area (Å²) < 4.78 is 5.62. The zero-order chi connectivity index (χ0) is 13.0. The van der Waals surface area contributed by atoms with E-state index in [1.807, 2.05) is 6.92 Å². The Morgan fingerprint density at radius 1 is 1.28 bits per heavy atom. The molecule has 0 bridgehead atoms. The van der Waals surface area contributed by atoms with Crippen molar-refractivity contribution in [2.75, 3.05) is 0 Å². The molecule has 7 unspecified atom stereocenters. The molecule has 3 rings (SSSR count). The summed E-state index contributed by atoms with van der Waals surface area (Å²) in [6.45, 7) is 8.30. The second-order valence-electron chi connectivity index (χ2n) is 6.44. The van der Waals surface area contributed by atoms with Gasteiger partial charge < -0.3 is 9.84 Å². The maximum Gasteiger partial charge on any atom is 0.309 e. The normalized spacial score (nSPS) is 51.6. The van der Waals surface area contributed by atoms with Crippen LogP contribution in [0, 0.1) is 29.6 Å². The Labute approximate surface area is 108 Å². The fourth-order valence-corrected chi connectivity index (χ4v) is 4.46. The smallest absolute Gasteiger partial charge is 0.309 e. The maximum atomic E-state index is 11.8. The molecular formula is C15H22O3. The average Bonchev–Trinajstić information content (AvgIpc) is 2.77. The van der Waals surface area contributed by atoms with E-state index in [4.69, 9.17) is 4.74 Å². The van der Waals surface area contributed by atoms with Gasteiger partial charge in [-0.05, 0) is 31.1 Å². The number of rotatable bonds is 0. The first-order valence-electron chi connectivity index (χ1n) is 7.07. The molecule has 1 saturated heterocycles. The Hall–Kier alpha value is -0.830. The SMILES string of the molecule is C=C1CC(O)C2C(C)C(=O)OC2C2C(C)CCC12. The van der Waals surface area contributed by atoms with Crippen LogP contribution in [-0.4, -0.2) is 23.3 Å². The number of hydrogen-bond acceptors (Lipinski definition) is 3. The molecule has 1 aliphatic heterocycles. The van der Waals surface area contributed by atoms with Gasteiger partial charge in [-0.25, -0.2) is 0 Å². The highest BCUT2D eigenvalue weighted by Crippen LogP contribution is 2.52. The summed E-state index contributed by atoms with van der Waals surface area (Å²) in [5.74, 6) is 1.02. The molecule has 3 fully saturated rings. The van der Waals surface area contributed by atoms with Crippen LogP contribution in [0.4, 0.5) is 0 Å². The molecule has 0 spiro atoms. The number of fused-ring (bicyclic) bond motifs is 3. The highest BCUT2D eigenvalue weighted by atomic mass is 16.6. The molecule has 18 heavy (non-hydrogen) atoms. The van der Waals surface area contributed by atoms with Crippen LogP contribution in [-0.2, 0) is 9.53 Å². The number of aliphatic hydroxyl groups excluding tert-OH is 1. The van der Waals surface area contributed by atoms with E-state index < -0.39 is 6.10 Å². The predicted octanol–water partition coefficient (Wildman–Crippen LogP) is 2.15. The molecule has 0 aromatic heterocycles. The molecule has 0 aromatic rings. The van der Waals surface area contributed by atoms with Crippen molar-refractivity contribution >= 4 is 5.97 Å². The largest absolute Gasteiger partial charge is 0.461 e. The number of hydrogen-bond donors (Lipinski definition) is 1. The van der Waals surface area contributed by atoms with Gasteiger partial charge in [-0.1, -0.05) is 26.0 Å². The van der Waals surface area contributed by atoms with E-state index in [9.17, 15) is 9.90 Å². The lowest BCUT2D eigenvalue weighted by atomic mass is 9.77. The highest BCUT2D eigenvalue weighted by molar-refractivity contribution is 5.75. The van der Waals surface area contributed by atoms with Crippen molar-refractivity contribution in [2.24, 2.45) is 29.6 Å². The van der Waals surface area contributed by atoms with Crippen LogP contribution in [0.1, 0.15) is 33.1 Å². The molecule has 3 heteroatoms. The fourth-order valence-electron chi connectivity index (χ4n) is 4.46. The third kappa shape index (κ3) is 1.56. The molecule has 1 N–H and O–H groups in total. The van der Waals surface area contributed by atoms with E-state index in [0.717, 1.165) is 12.0 Å². The van der Waals surface area contributed by atoms with Crippen LogP contribution in [0.2, 0.25) is 0 Å². The number of aliphatic hydroxyl groups is 1. The van der Waals surface area contributed by atoms with Crippen LogP contribution in [0.25, 0.3) is 0 Å². The van der Waals surface area contributed by atoms with Crippen molar-refractivity contribution in [3.05, 3.63) is 12.2 Å². The van der Waals surface area contributed by atoms with Crippen molar-refractivity contribution in [2.45, 2.75) is 45.3 Å². The summed E-state index contributed by atoms with van der Waals surface area (Å²) in [5.41, 5.74) is 1.16. The minimum atomic E-state index is -0.471. The van der Waals surface area contributed by atoms with Crippen LogP contribution >= 0.6 is 0 Å². The Balaban J connectivity index is 1.99. The zero-order valence-corrected chi connectivity index (χ0v) is 11.1. The summed E-state index contributed by atoms with van der Waals surface area (Å²) in [5, 5.41) is 10.4. The van der Waals surface area contributed by atoms with Crippen molar-refractivity contribution in [1.82, 2.24) is 0 Å². The molecular weight excluding hydrogens is 228 g/mol. The number of ether oxygens (including phenoxy) is 1. The summed E-state index contributed by atoms with van der Waals surface area (Å²) in [7, 11) is 0. The molecule has 3 aliphatic rings. The molecule has 7 atom stereocenters. The first kappa shape index (κ1) is 12.2. The van der Waals surface area contributed by atoms with E-state index in [1.165, 1.54) is 6.42 Å². The first-order valence-corrected chi connectivity index (χ1v) is 7.07. The van der Waals surface area contributed by atoms with E-state index in [1.54, 1.807) is 0 Å². The molecule has 0 aromatic carbocycles. The second-order valence-corrected chi connectivity index (χ2v) is 6.44. The van der Waals surface area contributed by atoms with Crippen molar-refractivity contribution in [1.29, 1.82) is 0 Å². The lowest BCUT2D eigenvalue weighted by molar-refractivity contribution is -0.146. The van der Waals surface area contributed by atoms with Gasteiger partial charge in [0.25, 0.3) is 0 Å². The van der Waals surface area contributed by atoms with Gasteiger partial charge in [0.05, 0.1) is 12.0 Å². The van der Waals surface area contributed by atoms with E-state index in [-0.39, 0.29) is 23.9 Å². The molecule has 2 saturated carbocycles. The quantitative estimate of drug-likeness (QED) is 0.529.